The van der Waals surface area contributed by atoms with Gasteiger partial charge in [-0.1, -0.05) is 13.3 Å². The highest BCUT2D eigenvalue weighted by molar-refractivity contribution is 5.73. The number of carboxylic acids is 1. The van der Waals surface area contributed by atoms with Gasteiger partial charge in [-0.15, -0.1) is 0 Å². The number of carbonyl (C=O) groups is 1. The van der Waals surface area contributed by atoms with Gasteiger partial charge in [0.25, 0.3) is 0 Å². The molecule has 0 bridgehead atoms. The zero-order chi connectivity index (χ0) is 13.8. The summed E-state index contributed by atoms with van der Waals surface area (Å²) in [7, 11) is 0. The van der Waals surface area contributed by atoms with Gasteiger partial charge < -0.3 is 25.1 Å². The van der Waals surface area contributed by atoms with E-state index in [9.17, 15) is 4.79 Å². The summed E-state index contributed by atoms with van der Waals surface area (Å²) in [4.78, 5) is 11.1. The average Bonchev–Trinajstić information content (AvgIpc) is 2.84. The first-order chi connectivity index (χ1) is 9.15. The first-order valence-corrected chi connectivity index (χ1v) is 6.17. The number of ether oxygens (including phenoxy) is 3. The van der Waals surface area contributed by atoms with E-state index in [1.165, 1.54) is 0 Å². The van der Waals surface area contributed by atoms with Gasteiger partial charge in [0.1, 0.15) is 5.75 Å². The second kappa shape index (κ2) is 5.79. The van der Waals surface area contributed by atoms with Gasteiger partial charge in [0.05, 0.1) is 0 Å². The molecule has 1 atom stereocenters. The summed E-state index contributed by atoms with van der Waals surface area (Å²) in [5.41, 5.74) is 6.35. The highest BCUT2D eigenvalue weighted by atomic mass is 16.7. The Balaban J connectivity index is 2.25. The van der Waals surface area contributed by atoms with E-state index in [1.807, 2.05) is 6.92 Å². The van der Waals surface area contributed by atoms with Crippen molar-refractivity contribution in [2.45, 2.75) is 32.4 Å². The molecule has 2 rings (SSSR count). The molecule has 0 saturated heterocycles. The molecule has 1 aromatic carbocycles. The molecule has 1 aromatic rings. The Kier molecular flexibility index (Phi) is 4.11. The van der Waals surface area contributed by atoms with Crippen LogP contribution >= 0.6 is 0 Å². The average molecular weight is 267 g/mol. The zero-order valence-corrected chi connectivity index (χ0v) is 10.7. The van der Waals surface area contributed by atoms with Crippen molar-refractivity contribution >= 4 is 5.97 Å². The maximum Gasteiger partial charge on any atom is 0.344 e. The Morgan fingerprint density at radius 2 is 2.16 bits per heavy atom. The van der Waals surface area contributed by atoms with Crippen LogP contribution in [-0.2, 0) is 11.3 Å². The van der Waals surface area contributed by atoms with E-state index in [0.29, 0.717) is 29.2 Å². The molecule has 1 unspecified atom stereocenters. The smallest absolute Gasteiger partial charge is 0.344 e. The summed E-state index contributed by atoms with van der Waals surface area (Å²) in [6.07, 6.45) is 0.281. The summed E-state index contributed by atoms with van der Waals surface area (Å²) in [6.45, 7) is 2.30. The molecule has 0 saturated carbocycles. The first-order valence-electron chi connectivity index (χ1n) is 6.17. The van der Waals surface area contributed by atoms with Crippen LogP contribution < -0.4 is 19.9 Å². The van der Waals surface area contributed by atoms with E-state index in [1.54, 1.807) is 12.1 Å². The minimum Gasteiger partial charge on any atom is -0.479 e. The third-order valence-corrected chi connectivity index (χ3v) is 2.87. The number of nitrogens with two attached hydrogens (primary N) is 1. The lowest BCUT2D eigenvalue weighted by molar-refractivity contribution is -0.145. The van der Waals surface area contributed by atoms with Crippen LogP contribution in [0.25, 0.3) is 0 Å². The van der Waals surface area contributed by atoms with E-state index in [2.05, 4.69) is 0 Å². The minimum absolute atomic E-state index is 0.153. The molecule has 0 aliphatic carbocycles. The molecule has 3 N–H and O–H groups in total. The molecule has 0 amide bonds. The van der Waals surface area contributed by atoms with Gasteiger partial charge in [-0.25, -0.2) is 4.79 Å². The third kappa shape index (κ3) is 2.90. The Morgan fingerprint density at radius 3 is 2.74 bits per heavy atom. The molecule has 0 aromatic heterocycles. The molecular weight excluding hydrogens is 250 g/mol. The normalized spacial score (nSPS) is 14.2. The molecule has 104 valence electrons. The number of benzene rings is 1. The highest BCUT2D eigenvalue weighted by Gasteiger charge is 2.23. The van der Waals surface area contributed by atoms with Crippen molar-refractivity contribution < 1.29 is 24.1 Å². The van der Waals surface area contributed by atoms with E-state index in [0.717, 1.165) is 6.42 Å². The minimum atomic E-state index is -0.984. The molecule has 0 fully saturated rings. The quantitative estimate of drug-likeness (QED) is 0.811. The molecule has 19 heavy (non-hydrogen) atoms. The van der Waals surface area contributed by atoms with E-state index in [4.69, 9.17) is 25.1 Å². The number of fused-ring (bicyclic) bond motifs is 1. The summed E-state index contributed by atoms with van der Waals surface area (Å²) in [5.74, 6) is 0.609. The van der Waals surface area contributed by atoms with E-state index >= 15 is 0 Å². The highest BCUT2D eigenvalue weighted by Crippen LogP contribution is 2.38. The maximum atomic E-state index is 11.1. The third-order valence-electron chi connectivity index (χ3n) is 2.87. The second-order valence-corrected chi connectivity index (χ2v) is 4.25. The molecule has 6 heteroatoms. The fourth-order valence-electron chi connectivity index (χ4n) is 1.88. The second-order valence-electron chi connectivity index (χ2n) is 4.25. The van der Waals surface area contributed by atoms with Crippen LogP contribution in [0.1, 0.15) is 25.3 Å². The molecular formula is C13H17NO5. The first kappa shape index (κ1) is 13.5. The molecule has 1 aliphatic heterocycles. The van der Waals surface area contributed by atoms with Crippen LogP contribution in [0.15, 0.2) is 12.1 Å². The Labute approximate surface area is 111 Å². The number of hydrogen-bond acceptors (Lipinski definition) is 5. The lowest BCUT2D eigenvalue weighted by atomic mass is 10.1. The van der Waals surface area contributed by atoms with Crippen LogP contribution in [0.3, 0.4) is 0 Å². The fourth-order valence-corrected chi connectivity index (χ4v) is 1.88. The molecule has 0 radical (unpaired) electrons. The predicted molar refractivity (Wildman–Crippen MR) is 67.4 cm³/mol. The monoisotopic (exact) mass is 267 g/mol. The van der Waals surface area contributed by atoms with Crippen molar-refractivity contribution in [3.8, 4) is 17.2 Å². The molecule has 1 aliphatic rings. The Hall–Kier alpha value is -1.95. The standard InChI is InChI=1S/C13H17NO5/c1-2-3-9(13(15)16)19-10-5-12-11(17-7-18-12)4-8(10)6-14/h4-5,9H,2-3,6-7,14H2,1H3,(H,15,16). The fraction of sp³-hybridized carbons (Fsp3) is 0.462. The van der Waals surface area contributed by atoms with Gasteiger partial charge in [-0.05, 0) is 12.5 Å². The van der Waals surface area contributed by atoms with Crippen molar-refractivity contribution in [3.05, 3.63) is 17.7 Å². The van der Waals surface area contributed by atoms with Crippen LogP contribution in [0.5, 0.6) is 17.2 Å². The van der Waals surface area contributed by atoms with E-state index in [-0.39, 0.29) is 13.3 Å². The lowest BCUT2D eigenvalue weighted by Gasteiger charge is -2.17. The number of carboxylic acid groups (broad SMARTS) is 1. The molecule has 1 heterocycles. The number of aliphatic carboxylic acids is 1. The van der Waals surface area contributed by atoms with Gasteiger partial charge in [0.15, 0.2) is 17.6 Å². The Morgan fingerprint density at radius 1 is 1.47 bits per heavy atom. The lowest BCUT2D eigenvalue weighted by Crippen LogP contribution is -2.27. The van der Waals surface area contributed by atoms with Crippen LogP contribution in [0.4, 0.5) is 0 Å². The number of hydrogen-bond donors (Lipinski definition) is 2. The van der Waals surface area contributed by atoms with Crippen molar-refractivity contribution in [3.63, 3.8) is 0 Å². The predicted octanol–water partition coefficient (Wildman–Crippen LogP) is 1.51. The Bertz CT molecular complexity index is 474. The van der Waals surface area contributed by atoms with Gasteiger partial charge in [-0.2, -0.15) is 0 Å². The van der Waals surface area contributed by atoms with Crippen LogP contribution in [-0.4, -0.2) is 24.0 Å². The zero-order valence-electron chi connectivity index (χ0n) is 10.7. The van der Waals surface area contributed by atoms with Crippen LogP contribution in [0, 0.1) is 0 Å². The summed E-state index contributed by atoms with van der Waals surface area (Å²) >= 11 is 0. The van der Waals surface area contributed by atoms with Crippen molar-refractivity contribution in [2.24, 2.45) is 5.73 Å². The molecule has 6 nitrogen and oxygen atoms in total. The van der Waals surface area contributed by atoms with Crippen molar-refractivity contribution in [2.75, 3.05) is 6.79 Å². The summed E-state index contributed by atoms with van der Waals surface area (Å²) in [6, 6.07) is 3.36. The maximum absolute atomic E-state index is 11.1. The van der Waals surface area contributed by atoms with E-state index < -0.39 is 12.1 Å². The van der Waals surface area contributed by atoms with Gasteiger partial charge in [0.2, 0.25) is 6.79 Å². The molecule has 0 spiro atoms. The summed E-state index contributed by atoms with van der Waals surface area (Å²) < 4.78 is 16.0. The summed E-state index contributed by atoms with van der Waals surface area (Å²) in [5, 5.41) is 9.11. The van der Waals surface area contributed by atoms with Gasteiger partial charge >= 0.3 is 5.97 Å². The topological polar surface area (TPSA) is 91.0 Å². The largest absolute Gasteiger partial charge is 0.479 e. The van der Waals surface area contributed by atoms with Crippen molar-refractivity contribution in [1.82, 2.24) is 0 Å². The van der Waals surface area contributed by atoms with Gasteiger partial charge in [0, 0.05) is 18.2 Å². The van der Waals surface area contributed by atoms with Gasteiger partial charge in [-0.3, -0.25) is 0 Å². The number of rotatable bonds is 6. The SMILES string of the molecule is CCCC(Oc1cc2c(cc1CN)OCO2)C(=O)O. The van der Waals surface area contributed by atoms with Crippen LogP contribution in [0.2, 0.25) is 0 Å². The van der Waals surface area contributed by atoms with Crippen molar-refractivity contribution in [1.29, 1.82) is 0 Å².